The van der Waals surface area contributed by atoms with Gasteiger partial charge >= 0.3 is 0 Å². The van der Waals surface area contributed by atoms with Crippen molar-refractivity contribution in [2.45, 2.75) is 18.9 Å². The van der Waals surface area contributed by atoms with Crippen molar-refractivity contribution in [3.63, 3.8) is 0 Å². The van der Waals surface area contributed by atoms with Crippen molar-refractivity contribution in [1.29, 1.82) is 0 Å². The number of hydrogen-bond donors (Lipinski definition) is 2. The summed E-state index contributed by atoms with van der Waals surface area (Å²) < 4.78 is 0. The van der Waals surface area contributed by atoms with Crippen molar-refractivity contribution < 1.29 is 4.79 Å². The van der Waals surface area contributed by atoms with Crippen molar-refractivity contribution in [3.05, 3.63) is 35.9 Å². The monoisotopic (exact) mass is 252 g/mol. The predicted molar refractivity (Wildman–Crippen MR) is 74.0 cm³/mol. The first-order valence-electron chi connectivity index (χ1n) is 5.79. The zero-order chi connectivity index (χ0) is 12.7. The van der Waals surface area contributed by atoms with E-state index in [1.165, 1.54) is 0 Å². The number of hydrogen-bond acceptors (Lipinski definition) is 3. The molecular formula is C13H20N2OS. The predicted octanol–water partition coefficient (Wildman–Crippen LogP) is 1.73. The van der Waals surface area contributed by atoms with Gasteiger partial charge in [0.15, 0.2) is 0 Å². The number of carbonyl (C=O) groups is 1. The fraction of sp³-hybridized carbons (Fsp3) is 0.462. The second kappa shape index (κ2) is 6.67. The van der Waals surface area contributed by atoms with Crippen LogP contribution in [0.1, 0.15) is 18.9 Å². The lowest BCUT2D eigenvalue weighted by Gasteiger charge is -2.30. The molecule has 0 aliphatic heterocycles. The Morgan fingerprint density at radius 3 is 2.53 bits per heavy atom. The Balaban J connectivity index is 2.97. The number of carbonyl (C=O) groups excluding carboxylic acids is 1. The molecule has 1 aromatic rings. The fourth-order valence-corrected chi connectivity index (χ4v) is 2.92. The molecule has 1 aromatic carbocycles. The summed E-state index contributed by atoms with van der Waals surface area (Å²) in [6, 6.07) is 9.66. The highest BCUT2D eigenvalue weighted by molar-refractivity contribution is 7.99. The van der Waals surface area contributed by atoms with Gasteiger partial charge in [-0.15, -0.1) is 0 Å². The van der Waals surface area contributed by atoms with Crippen LogP contribution in [0.5, 0.6) is 0 Å². The van der Waals surface area contributed by atoms with E-state index < -0.39 is 5.54 Å². The van der Waals surface area contributed by atoms with E-state index in [1.807, 2.05) is 30.3 Å². The van der Waals surface area contributed by atoms with Crippen LogP contribution >= 0.6 is 11.8 Å². The molecule has 4 heteroatoms. The van der Waals surface area contributed by atoms with Gasteiger partial charge < -0.3 is 11.1 Å². The van der Waals surface area contributed by atoms with Crippen LogP contribution in [0.2, 0.25) is 0 Å². The summed E-state index contributed by atoms with van der Waals surface area (Å²) in [7, 11) is 1.78. The molecule has 0 bridgehead atoms. The van der Waals surface area contributed by atoms with Gasteiger partial charge in [0.05, 0.1) is 0 Å². The maximum atomic E-state index is 11.8. The Bertz CT molecular complexity index is 356. The molecule has 94 valence electrons. The van der Waals surface area contributed by atoms with Crippen LogP contribution in [0.4, 0.5) is 0 Å². The number of amides is 1. The number of benzene rings is 1. The highest BCUT2D eigenvalue weighted by Gasteiger charge is 2.36. The average Bonchev–Trinajstić information content (AvgIpc) is 2.36. The molecule has 0 saturated heterocycles. The summed E-state index contributed by atoms with van der Waals surface area (Å²) in [6.45, 7) is 2.13. The number of primary amides is 1. The van der Waals surface area contributed by atoms with E-state index in [0.717, 1.165) is 17.7 Å². The van der Waals surface area contributed by atoms with Crippen LogP contribution in [-0.4, -0.2) is 24.5 Å². The van der Waals surface area contributed by atoms with Gasteiger partial charge in [-0.2, -0.15) is 11.8 Å². The molecule has 0 saturated carbocycles. The largest absolute Gasteiger partial charge is 0.368 e. The van der Waals surface area contributed by atoms with Crippen molar-refractivity contribution in [3.8, 4) is 0 Å². The maximum absolute atomic E-state index is 11.8. The second-order valence-corrected chi connectivity index (χ2v) is 5.04. The van der Waals surface area contributed by atoms with Crippen LogP contribution in [0.3, 0.4) is 0 Å². The van der Waals surface area contributed by atoms with Crippen molar-refractivity contribution in [1.82, 2.24) is 5.32 Å². The molecule has 0 aliphatic rings. The van der Waals surface area contributed by atoms with E-state index in [-0.39, 0.29) is 5.91 Å². The van der Waals surface area contributed by atoms with Gasteiger partial charge in [-0.25, -0.2) is 0 Å². The molecule has 17 heavy (non-hydrogen) atoms. The first kappa shape index (κ1) is 14.1. The van der Waals surface area contributed by atoms with Crippen LogP contribution in [0, 0.1) is 0 Å². The Hall–Kier alpha value is -1.00. The van der Waals surface area contributed by atoms with Gasteiger partial charge in [-0.3, -0.25) is 4.79 Å². The minimum absolute atomic E-state index is 0.324. The molecule has 0 aliphatic carbocycles. The molecule has 3 nitrogen and oxygen atoms in total. The van der Waals surface area contributed by atoms with E-state index in [1.54, 1.807) is 18.8 Å². The zero-order valence-electron chi connectivity index (χ0n) is 10.4. The third-order valence-electron chi connectivity index (χ3n) is 2.78. The van der Waals surface area contributed by atoms with Gasteiger partial charge in [0.1, 0.15) is 5.54 Å². The molecule has 0 radical (unpaired) electrons. The molecule has 0 spiro atoms. The lowest BCUT2D eigenvalue weighted by atomic mass is 9.91. The number of rotatable bonds is 7. The zero-order valence-corrected chi connectivity index (χ0v) is 11.2. The summed E-state index contributed by atoms with van der Waals surface area (Å²) >= 11 is 1.74. The molecule has 0 fully saturated rings. The van der Waals surface area contributed by atoms with Gasteiger partial charge in [-0.1, -0.05) is 37.3 Å². The summed E-state index contributed by atoms with van der Waals surface area (Å²) in [5.74, 6) is 1.37. The fourth-order valence-electron chi connectivity index (χ4n) is 1.73. The minimum atomic E-state index is -0.763. The number of nitrogens with one attached hydrogen (secondary N) is 1. The van der Waals surface area contributed by atoms with Crippen molar-refractivity contribution in [2.75, 3.05) is 18.6 Å². The highest BCUT2D eigenvalue weighted by Crippen LogP contribution is 2.25. The highest BCUT2D eigenvalue weighted by atomic mass is 32.2. The standard InChI is InChI=1S/C13H20N2OS/c1-3-9-17-10-13(15-2,12(14)16)11-7-5-4-6-8-11/h4-8,15H,3,9-10H2,1-2H3,(H2,14,16). The minimum Gasteiger partial charge on any atom is -0.368 e. The van der Waals surface area contributed by atoms with Crippen LogP contribution in [0.25, 0.3) is 0 Å². The molecule has 0 aromatic heterocycles. The van der Waals surface area contributed by atoms with Gasteiger partial charge in [0.25, 0.3) is 0 Å². The Labute approximate surface area is 107 Å². The van der Waals surface area contributed by atoms with E-state index in [4.69, 9.17) is 5.73 Å². The van der Waals surface area contributed by atoms with Gasteiger partial charge in [0.2, 0.25) is 5.91 Å². The molecule has 3 N–H and O–H groups in total. The second-order valence-electron chi connectivity index (χ2n) is 3.94. The topological polar surface area (TPSA) is 55.1 Å². The quantitative estimate of drug-likeness (QED) is 0.727. The summed E-state index contributed by atoms with van der Waals surface area (Å²) in [4.78, 5) is 11.8. The van der Waals surface area contributed by atoms with Crippen LogP contribution in [-0.2, 0) is 10.3 Å². The lowest BCUT2D eigenvalue weighted by Crippen LogP contribution is -2.53. The van der Waals surface area contributed by atoms with E-state index in [0.29, 0.717) is 5.75 Å². The van der Waals surface area contributed by atoms with Crippen LogP contribution < -0.4 is 11.1 Å². The van der Waals surface area contributed by atoms with Gasteiger partial charge in [0, 0.05) is 5.75 Å². The summed E-state index contributed by atoms with van der Waals surface area (Å²) in [6.07, 6.45) is 1.10. The Morgan fingerprint density at radius 1 is 1.41 bits per heavy atom. The Morgan fingerprint density at radius 2 is 2.06 bits per heavy atom. The Kier molecular flexibility index (Phi) is 5.51. The van der Waals surface area contributed by atoms with E-state index >= 15 is 0 Å². The maximum Gasteiger partial charge on any atom is 0.243 e. The van der Waals surface area contributed by atoms with E-state index in [9.17, 15) is 4.79 Å². The first-order chi connectivity index (χ1) is 8.17. The smallest absolute Gasteiger partial charge is 0.243 e. The number of thioether (sulfide) groups is 1. The summed E-state index contributed by atoms with van der Waals surface area (Å²) in [5.41, 5.74) is 5.75. The first-order valence-corrected chi connectivity index (χ1v) is 6.95. The normalized spacial score (nSPS) is 14.2. The number of likely N-dealkylation sites (N-methyl/N-ethyl adjacent to an activating group) is 1. The molecule has 0 heterocycles. The third kappa shape index (κ3) is 3.23. The SMILES string of the molecule is CCCSCC(NC)(C(N)=O)c1ccccc1. The lowest BCUT2D eigenvalue weighted by molar-refractivity contribution is -0.123. The van der Waals surface area contributed by atoms with E-state index in [2.05, 4.69) is 12.2 Å². The van der Waals surface area contributed by atoms with Crippen molar-refractivity contribution in [2.24, 2.45) is 5.73 Å². The number of nitrogens with two attached hydrogens (primary N) is 1. The average molecular weight is 252 g/mol. The summed E-state index contributed by atoms with van der Waals surface area (Å²) in [5, 5.41) is 3.09. The van der Waals surface area contributed by atoms with Gasteiger partial charge in [-0.05, 0) is 24.8 Å². The molecule has 1 rings (SSSR count). The van der Waals surface area contributed by atoms with Crippen molar-refractivity contribution >= 4 is 17.7 Å². The van der Waals surface area contributed by atoms with Crippen LogP contribution in [0.15, 0.2) is 30.3 Å². The molecule has 1 atom stereocenters. The molecular weight excluding hydrogens is 232 g/mol. The molecule has 1 unspecified atom stereocenters. The molecule has 1 amide bonds. The third-order valence-corrected chi connectivity index (χ3v) is 4.12.